The summed E-state index contributed by atoms with van der Waals surface area (Å²) >= 11 is 0. The van der Waals surface area contributed by atoms with E-state index < -0.39 is 5.97 Å². The highest BCUT2D eigenvalue weighted by Crippen LogP contribution is 2.37. The van der Waals surface area contributed by atoms with Gasteiger partial charge in [-0.2, -0.15) is 0 Å². The third-order valence-corrected chi connectivity index (χ3v) is 3.22. The van der Waals surface area contributed by atoms with E-state index in [1.165, 1.54) is 11.1 Å². The second kappa shape index (κ2) is 4.66. The Balaban J connectivity index is 1.74. The molecule has 2 unspecified atom stereocenters. The van der Waals surface area contributed by atoms with Crippen molar-refractivity contribution in [1.82, 2.24) is 5.32 Å². The van der Waals surface area contributed by atoms with E-state index in [0.717, 1.165) is 19.5 Å². The van der Waals surface area contributed by atoms with Crippen LogP contribution in [0.3, 0.4) is 0 Å². The van der Waals surface area contributed by atoms with Gasteiger partial charge in [0, 0.05) is 6.54 Å². The van der Waals surface area contributed by atoms with Crippen molar-refractivity contribution >= 4 is 5.97 Å². The second-order valence-corrected chi connectivity index (χ2v) is 4.50. The zero-order valence-electron chi connectivity index (χ0n) is 9.44. The van der Waals surface area contributed by atoms with Crippen LogP contribution in [0.4, 0.5) is 0 Å². The van der Waals surface area contributed by atoms with Gasteiger partial charge < -0.3 is 10.4 Å². The van der Waals surface area contributed by atoms with Crippen molar-refractivity contribution in [2.45, 2.75) is 19.9 Å². The first-order chi connectivity index (χ1) is 7.68. The van der Waals surface area contributed by atoms with E-state index in [0.29, 0.717) is 5.92 Å². The summed E-state index contributed by atoms with van der Waals surface area (Å²) in [6.07, 6.45) is 0.829. The molecule has 2 N–H and O–H groups in total. The Bertz CT molecular complexity index is 389. The Labute approximate surface area is 95.5 Å². The summed E-state index contributed by atoms with van der Waals surface area (Å²) in [6.45, 7) is 3.73. The maximum absolute atomic E-state index is 10.6. The molecule has 0 heterocycles. The molecule has 0 aromatic heterocycles. The van der Waals surface area contributed by atoms with E-state index in [4.69, 9.17) is 5.11 Å². The fraction of sp³-hybridized carbons (Fsp3) is 0.462. The Hall–Kier alpha value is -1.35. The summed E-state index contributed by atoms with van der Waals surface area (Å²) in [7, 11) is 0. The fourth-order valence-corrected chi connectivity index (χ4v) is 1.98. The first kappa shape index (κ1) is 11.1. The lowest BCUT2D eigenvalue weighted by molar-refractivity contribution is -0.138. The third-order valence-electron chi connectivity index (χ3n) is 3.22. The van der Waals surface area contributed by atoms with E-state index >= 15 is 0 Å². The number of aryl methyl sites for hydroxylation is 1. The molecule has 1 aromatic carbocycles. The van der Waals surface area contributed by atoms with Crippen molar-refractivity contribution in [3.63, 3.8) is 0 Å². The van der Waals surface area contributed by atoms with Gasteiger partial charge in [0.2, 0.25) is 0 Å². The molecule has 1 fully saturated rings. The molecule has 0 aliphatic heterocycles. The molecular formula is C13H17NO2. The summed E-state index contributed by atoms with van der Waals surface area (Å²) in [6, 6.07) is 8.25. The molecule has 3 heteroatoms. The number of aliphatic carboxylic acids is 1. The molecule has 2 rings (SSSR count). The first-order valence-electron chi connectivity index (χ1n) is 5.66. The van der Waals surface area contributed by atoms with Gasteiger partial charge in [-0.05, 0) is 36.9 Å². The van der Waals surface area contributed by atoms with Gasteiger partial charge in [0.1, 0.15) is 0 Å². The van der Waals surface area contributed by atoms with Crippen LogP contribution in [0.5, 0.6) is 0 Å². The molecule has 0 saturated heterocycles. The highest BCUT2D eigenvalue weighted by molar-refractivity contribution is 5.73. The lowest BCUT2D eigenvalue weighted by atomic mass is 10.1. The first-order valence-corrected chi connectivity index (χ1v) is 5.66. The van der Waals surface area contributed by atoms with Gasteiger partial charge in [0.25, 0.3) is 0 Å². The summed E-state index contributed by atoms with van der Waals surface area (Å²) in [4.78, 5) is 10.6. The topological polar surface area (TPSA) is 49.3 Å². The maximum atomic E-state index is 10.6. The minimum Gasteiger partial charge on any atom is -0.481 e. The van der Waals surface area contributed by atoms with E-state index in [9.17, 15) is 4.79 Å². The molecule has 86 valence electrons. The maximum Gasteiger partial charge on any atom is 0.306 e. The zero-order valence-corrected chi connectivity index (χ0v) is 9.44. The second-order valence-electron chi connectivity index (χ2n) is 4.50. The SMILES string of the molecule is Cc1ccccc1CNCC1CC1C(=O)O. The summed E-state index contributed by atoms with van der Waals surface area (Å²) in [5, 5.41) is 12.1. The lowest BCUT2D eigenvalue weighted by Crippen LogP contribution is -2.18. The number of hydrogen-bond donors (Lipinski definition) is 2. The molecule has 3 nitrogen and oxygen atoms in total. The lowest BCUT2D eigenvalue weighted by Gasteiger charge is -2.06. The standard InChI is InChI=1S/C13H17NO2/c1-9-4-2-3-5-10(9)7-14-8-11-6-12(11)13(15)16/h2-5,11-12,14H,6-8H2,1H3,(H,15,16). The van der Waals surface area contributed by atoms with Gasteiger partial charge in [0.05, 0.1) is 5.92 Å². The monoisotopic (exact) mass is 219 g/mol. The van der Waals surface area contributed by atoms with Crippen molar-refractivity contribution in [2.24, 2.45) is 11.8 Å². The Morgan fingerprint density at radius 1 is 1.50 bits per heavy atom. The van der Waals surface area contributed by atoms with Gasteiger partial charge >= 0.3 is 5.97 Å². The van der Waals surface area contributed by atoms with Crippen molar-refractivity contribution in [2.75, 3.05) is 6.54 Å². The van der Waals surface area contributed by atoms with E-state index in [1.807, 2.05) is 12.1 Å². The highest BCUT2D eigenvalue weighted by Gasteiger charge is 2.42. The number of hydrogen-bond acceptors (Lipinski definition) is 2. The van der Waals surface area contributed by atoms with Crippen LogP contribution in [0.15, 0.2) is 24.3 Å². The average molecular weight is 219 g/mol. The number of nitrogens with one attached hydrogen (secondary N) is 1. The summed E-state index contributed by atoms with van der Waals surface area (Å²) in [5.41, 5.74) is 2.57. The molecule has 1 aliphatic carbocycles. The summed E-state index contributed by atoms with van der Waals surface area (Å²) in [5.74, 6) is -0.423. The van der Waals surface area contributed by atoms with Crippen LogP contribution in [0.25, 0.3) is 0 Å². The Morgan fingerprint density at radius 3 is 2.88 bits per heavy atom. The Kier molecular flexibility index (Phi) is 3.25. The van der Waals surface area contributed by atoms with E-state index in [-0.39, 0.29) is 5.92 Å². The number of rotatable bonds is 5. The van der Waals surface area contributed by atoms with Crippen molar-refractivity contribution < 1.29 is 9.90 Å². The average Bonchev–Trinajstić information content (AvgIpc) is 3.00. The van der Waals surface area contributed by atoms with Crippen LogP contribution >= 0.6 is 0 Å². The predicted octanol–water partition coefficient (Wildman–Crippen LogP) is 1.81. The van der Waals surface area contributed by atoms with Gasteiger partial charge in [-0.15, -0.1) is 0 Å². The predicted molar refractivity (Wildman–Crippen MR) is 62.1 cm³/mol. The van der Waals surface area contributed by atoms with Gasteiger partial charge in [-0.1, -0.05) is 24.3 Å². The molecule has 0 amide bonds. The largest absolute Gasteiger partial charge is 0.481 e. The van der Waals surface area contributed by atoms with Crippen LogP contribution in [0, 0.1) is 18.8 Å². The smallest absolute Gasteiger partial charge is 0.306 e. The van der Waals surface area contributed by atoms with Gasteiger partial charge in [0.15, 0.2) is 0 Å². The Morgan fingerprint density at radius 2 is 2.25 bits per heavy atom. The van der Waals surface area contributed by atoms with Crippen LogP contribution in [0.1, 0.15) is 17.5 Å². The molecule has 0 radical (unpaired) electrons. The quantitative estimate of drug-likeness (QED) is 0.794. The summed E-state index contributed by atoms with van der Waals surface area (Å²) < 4.78 is 0. The van der Waals surface area contributed by atoms with Crippen LogP contribution < -0.4 is 5.32 Å². The molecule has 1 aliphatic rings. The minimum absolute atomic E-state index is 0.107. The van der Waals surface area contributed by atoms with E-state index in [2.05, 4.69) is 24.4 Å². The van der Waals surface area contributed by atoms with Crippen LogP contribution in [-0.4, -0.2) is 17.6 Å². The molecule has 0 spiro atoms. The normalized spacial score (nSPS) is 23.1. The van der Waals surface area contributed by atoms with E-state index in [1.54, 1.807) is 0 Å². The molecule has 1 saturated carbocycles. The zero-order chi connectivity index (χ0) is 11.5. The van der Waals surface area contributed by atoms with Crippen molar-refractivity contribution in [3.05, 3.63) is 35.4 Å². The number of carboxylic acid groups (broad SMARTS) is 1. The van der Waals surface area contributed by atoms with Gasteiger partial charge in [-0.3, -0.25) is 4.79 Å². The number of carbonyl (C=O) groups is 1. The van der Waals surface area contributed by atoms with Crippen molar-refractivity contribution in [3.8, 4) is 0 Å². The molecule has 2 atom stereocenters. The minimum atomic E-state index is -0.650. The van der Waals surface area contributed by atoms with Crippen LogP contribution in [0.2, 0.25) is 0 Å². The molecular weight excluding hydrogens is 202 g/mol. The highest BCUT2D eigenvalue weighted by atomic mass is 16.4. The number of carboxylic acids is 1. The van der Waals surface area contributed by atoms with Crippen LogP contribution in [-0.2, 0) is 11.3 Å². The molecule has 1 aromatic rings. The number of benzene rings is 1. The van der Waals surface area contributed by atoms with Gasteiger partial charge in [-0.25, -0.2) is 0 Å². The molecule has 0 bridgehead atoms. The molecule has 16 heavy (non-hydrogen) atoms. The van der Waals surface area contributed by atoms with Crippen molar-refractivity contribution in [1.29, 1.82) is 0 Å². The fourth-order valence-electron chi connectivity index (χ4n) is 1.98. The third kappa shape index (κ3) is 2.61.